The van der Waals surface area contributed by atoms with Gasteiger partial charge in [-0.1, -0.05) is 29.9 Å². The van der Waals surface area contributed by atoms with E-state index in [9.17, 15) is 8.42 Å². The molecule has 1 rings (SSSR count). The van der Waals surface area contributed by atoms with Crippen LogP contribution in [0.3, 0.4) is 0 Å². The fraction of sp³-hybridized carbons (Fsp3) is 0.625. The van der Waals surface area contributed by atoms with Gasteiger partial charge in [-0.3, -0.25) is 0 Å². The van der Waals surface area contributed by atoms with E-state index in [4.69, 9.17) is 16.7 Å². The summed E-state index contributed by atoms with van der Waals surface area (Å²) in [7, 11) is -3.58. The molecule has 0 radical (unpaired) electrons. The van der Waals surface area contributed by atoms with Crippen LogP contribution in [0.5, 0.6) is 0 Å². The number of aromatic nitrogens is 1. The maximum Gasteiger partial charge on any atom is 0.251 e. The van der Waals surface area contributed by atoms with Gasteiger partial charge in [0.05, 0.1) is 6.20 Å². The van der Waals surface area contributed by atoms with Gasteiger partial charge in [-0.05, 0) is 12.8 Å². The number of hydrogen-bond acceptors (Lipinski definition) is 5. The van der Waals surface area contributed by atoms with Gasteiger partial charge in [0.1, 0.15) is 0 Å². The molecule has 0 aliphatic heterocycles. The summed E-state index contributed by atoms with van der Waals surface area (Å²) < 4.78 is 26.3. The largest absolute Gasteiger partial charge is 0.396 e. The Labute approximate surface area is 104 Å². The minimum Gasteiger partial charge on any atom is -0.396 e. The van der Waals surface area contributed by atoms with E-state index in [0.717, 1.165) is 11.3 Å². The average molecular weight is 285 g/mol. The number of thiazole rings is 1. The summed E-state index contributed by atoms with van der Waals surface area (Å²) in [5, 5.41) is 8.91. The third kappa shape index (κ3) is 3.39. The molecule has 5 nitrogen and oxygen atoms in total. The van der Waals surface area contributed by atoms with Crippen molar-refractivity contribution in [3.05, 3.63) is 10.7 Å². The lowest BCUT2D eigenvalue weighted by Gasteiger charge is -2.18. The first-order valence-electron chi connectivity index (χ1n) is 4.61. The lowest BCUT2D eigenvalue weighted by atomic mass is 10.1. The Kier molecular flexibility index (Phi) is 4.69. The van der Waals surface area contributed by atoms with Crippen molar-refractivity contribution in [2.24, 2.45) is 5.92 Å². The summed E-state index contributed by atoms with van der Waals surface area (Å²) in [6, 6.07) is -0.351. The Morgan fingerprint density at radius 2 is 2.25 bits per heavy atom. The minimum absolute atomic E-state index is 0.0763. The third-order valence-electron chi connectivity index (χ3n) is 2.20. The number of halogens is 1. The van der Waals surface area contributed by atoms with E-state index in [2.05, 4.69) is 9.71 Å². The number of aliphatic hydroxyl groups is 1. The molecule has 92 valence electrons. The predicted molar refractivity (Wildman–Crippen MR) is 63.2 cm³/mol. The highest BCUT2D eigenvalue weighted by molar-refractivity contribution is 7.91. The number of nitrogens with zero attached hydrogens (tertiary/aromatic N) is 1. The highest BCUT2D eigenvalue weighted by Gasteiger charge is 2.22. The van der Waals surface area contributed by atoms with Crippen LogP contribution >= 0.6 is 22.9 Å². The Balaban J connectivity index is 2.80. The normalized spacial score (nSPS) is 16.0. The summed E-state index contributed by atoms with van der Waals surface area (Å²) in [6.45, 7) is 3.38. The monoisotopic (exact) mass is 284 g/mol. The first kappa shape index (κ1) is 13.9. The van der Waals surface area contributed by atoms with Crippen LogP contribution in [0.15, 0.2) is 10.4 Å². The van der Waals surface area contributed by atoms with Gasteiger partial charge in [0.2, 0.25) is 0 Å². The molecule has 2 unspecified atom stereocenters. The SMILES string of the molecule is CC(CO)C(C)NS(=O)(=O)c1cnc(Cl)s1. The van der Waals surface area contributed by atoms with Crippen molar-refractivity contribution < 1.29 is 13.5 Å². The van der Waals surface area contributed by atoms with Crippen molar-refractivity contribution in [3.63, 3.8) is 0 Å². The van der Waals surface area contributed by atoms with Crippen molar-refractivity contribution in [3.8, 4) is 0 Å². The van der Waals surface area contributed by atoms with Crippen LogP contribution in [0, 0.1) is 5.92 Å². The molecule has 2 atom stereocenters. The van der Waals surface area contributed by atoms with Gasteiger partial charge in [-0.25, -0.2) is 18.1 Å². The van der Waals surface area contributed by atoms with Crippen LogP contribution in [0.2, 0.25) is 4.47 Å². The van der Waals surface area contributed by atoms with E-state index < -0.39 is 10.0 Å². The highest BCUT2D eigenvalue weighted by atomic mass is 35.5. The highest BCUT2D eigenvalue weighted by Crippen LogP contribution is 2.22. The molecule has 1 heterocycles. The fourth-order valence-corrected chi connectivity index (χ4v) is 3.60. The van der Waals surface area contributed by atoms with Gasteiger partial charge >= 0.3 is 0 Å². The van der Waals surface area contributed by atoms with Crippen LogP contribution < -0.4 is 4.72 Å². The molecule has 0 aliphatic carbocycles. The zero-order chi connectivity index (χ0) is 12.3. The topological polar surface area (TPSA) is 79.3 Å². The maximum atomic E-state index is 11.8. The van der Waals surface area contributed by atoms with E-state index in [-0.39, 0.29) is 27.2 Å². The molecule has 0 bridgehead atoms. The third-order valence-corrected chi connectivity index (χ3v) is 5.34. The molecule has 0 saturated carbocycles. The van der Waals surface area contributed by atoms with Crippen molar-refractivity contribution in [1.29, 1.82) is 0 Å². The van der Waals surface area contributed by atoms with E-state index in [1.165, 1.54) is 6.20 Å². The lowest BCUT2D eigenvalue weighted by Crippen LogP contribution is -2.37. The zero-order valence-corrected chi connectivity index (χ0v) is 11.2. The quantitative estimate of drug-likeness (QED) is 0.848. The van der Waals surface area contributed by atoms with E-state index in [1.54, 1.807) is 13.8 Å². The Hall–Kier alpha value is -0.210. The molecule has 1 aromatic rings. The summed E-state index contributed by atoms with van der Waals surface area (Å²) in [6.07, 6.45) is 1.21. The van der Waals surface area contributed by atoms with E-state index in [1.807, 2.05) is 0 Å². The number of sulfonamides is 1. The summed E-state index contributed by atoms with van der Waals surface area (Å²) >= 11 is 6.47. The standard InChI is InChI=1S/C8H13ClN2O3S2/c1-5(4-12)6(2)11-16(13,14)7-3-10-8(9)15-7/h3,5-6,11-12H,4H2,1-2H3. The first-order chi connectivity index (χ1) is 7.36. The van der Waals surface area contributed by atoms with Gasteiger partial charge < -0.3 is 5.11 Å². The summed E-state index contributed by atoms with van der Waals surface area (Å²) in [5.74, 6) is -0.154. The van der Waals surface area contributed by atoms with Crippen LogP contribution in [0.25, 0.3) is 0 Å². The molecular formula is C8H13ClN2O3S2. The second-order valence-corrected chi connectivity index (χ2v) is 7.06. The first-order valence-corrected chi connectivity index (χ1v) is 7.29. The smallest absolute Gasteiger partial charge is 0.251 e. The zero-order valence-electron chi connectivity index (χ0n) is 8.84. The van der Waals surface area contributed by atoms with Crippen LogP contribution in [0.1, 0.15) is 13.8 Å². The van der Waals surface area contributed by atoms with Crippen molar-refractivity contribution in [1.82, 2.24) is 9.71 Å². The lowest BCUT2D eigenvalue weighted by molar-refractivity contribution is 0.216. The van der Waals surface area contributed by atoms with Gasteiger partial charge in [0.25, 0.3) is 10.0 Å². The Morgan fingerprint density at radius 3 is 2.69 bits per heavy atom. The van der Waals surface area contributed by atoms with Crippen LogP contribution in [-0.4, -0.2) is 31.2 Å². The van der Waals surface area contributed by atoms with E-state index >= 15 is 0 Å². The molecule has 0 aromatic carbocycles. The predicted octanol–water partition coefficient (Wildman–Crippen LogP) is 1.09. The van der Waals surface area contributed by atoms with Gasteiger partial charge in [0, 0.05) is 12.6 Å². The van der Waals surface area contributed by atoms with Crippen molar-refractivity contribution >= 4 is 33.0 Å². The summed E-state index contributed by atoms with van der Waals surface area (Å²) in [5.41, 5.74) is 0. The fourth-order valence-electron chi connectivity index (χ4n) is 0.940. The second-order valence-electron chi connectivity index (χ2n) is 3.50. The molecule has 0 saturated heterocycles. The molecule has 8 heteroatoms. The molecule has 16 heavy (non-hydrogen) atoms. The van der Waals surface area contributed by atoms with Gasteiger partial charge in [0.15, 0.2) is 8.68 Å². The van der Waals surface area contributed by atoms with Gasteiger partial charge in [-0.2, -0.15) is 0 Å². The molecule has 0 amide bonds. The number of hydrogen-bond donors (Lipinski definition) is 2. The minimum atomic E-state index is -3.58. The van der Waals surface area contributed by atoms with Crippen LogP contribution in [-0.2, 0) is 10.0 Å². The van der Waals surface area contributed by atoms with Gasteiger partial charge in [-0.15, -0.1) is 0 Å². The Morgan fingerprint density at radius 1 is 1.62 bits per heavy atom. The summed E-state index contributed by atoms with van der Waals surface area (Å²) in [4.78, 5) is 3.67. The molecule has 2 N–H and O–H groups in total. The number of aliphatic hydroxyl groups excluding tert-OH is 1. The molecule has 1 aromatic heterocycles. The Bertz CT molecular complexity index is 446. The number of nitrogens with one attached hydrogen (secondary N) is 1. The molecule has 0 aliphatic rings. The van der Waals surface area contributed by atoms with E-state index in [0.29, 0.717) is 0 Å². The van der Waals surface area contributed by atoms with Crippen molar-refractivity contribution in [2.45, 2.75) is 24.1 Å². The number of rotatable bonds is 5. The average Bonchev–Trinajstić information content (AvgIpc) is 2.63. The molecular weight excluding hydrogens is 272 g/mol. The van der Waals surface area contributed by atoms with Crippen LogP contribution in [0.4, 0.5) is 0 Å². The molecule has 0 spiro atoms. The van der Waals surface area contributed by atoms with Crippen molar-refractivity contribution in [2.75, 3.05) is 6.61 Å². The maximum absolute atomic E-state index is 11.8. The molecule has 0 fully saturated rings. The second kappa shape index (κ2) is 5.42.